The van der Waals surface area contributed by atoms with Gasteiger partial charge in [-0.2, -0.15) is 0 Å². The minimum Gasteiger partial charge on any atom is -0.444 e. The molecule has 1 fully saturated rings. The predicted molar refractivity (Wildman–Crippen MR) is 96.6 cm³/mol. The smallest absolute Gasteiger partial charge is 0.412 e. The van der Waals surface area contributed by atoms with Crippen LogP contribution in [0, 0.1) is 0 Å². The Bertz CT molecular complexity index is 572. The summed E-state index contributed by atoms with van der Waals surface area (Å²) >= 11 is 0. The molecule has 1 amide bonds. The molecule has 2 rings (SSSR count). The number of nitrogens with zero attached hydrogens (tertiary/aromatic N) is 1. The van der Waals surface area contributed by atoms with E-state index >= 15 is 0 Å². The fourth-order valence-corrected chi connectivity index (χ4v) is 2.85. The molecule has 0 radical (unpaired) electrons. The third-order valence-corrected chi connectivity index (χ3v) is 3.94. The topological polar surface area (TPSA) is 38.8 Å². The summed E-state index contributed by atoms with van der Waals surface area (Å²) in [4.78, 5) is 14.3. The summed E-state index contributed by atoms with van der Waals surface area (Å²) in [5, 5.41) is 0. The van der Waals surface area contributed by atoms with Crippen molar-refractivity contribution in [2.45, 2.75) is 64.8 Å². The maximum Gasteiger partial charge on any atom is 0.412 e. The van der Waals surface area contributed by atoms with Gasteiger partial charge in [-0.1, -0.05) is 42.5 Å². The third kappa shape index (κ3) is 5.10. The van der Waals surface area contributed by atoms with Gasteiger partial charge in [0, 0.05) is 0 Å². The van der Waals surface area contributed by atoms with Crippen molar-refractivity contribution in [3.63, 3.8) is 0 Å². The Morgan fingerprint density at radius 2 is 2.00 bits per heavy atom. The van der Waals surface area contributed by atoms with Crippen molar-refractivity contribution >= 4 is 12.2 Å². The fraction of sp³-hybridized carbons (Fsp3) is 0.550. The van der Waals surface area contributed by atoms with Crippen LogP contribution in [0.1, 0.15) is 53.0 Å². The van der Waals surface area contributed by atoms with E-state index in [0.29, 0.717) is 6.61 Å². The van der Waals surface area contributed by atoms with Crippen molar-refractivity contribution < 1.29 is 14.3 Å². The van der Waals surface area contributed by atoms with Gasteiger partial charge in [0.05, 0.1) is 12.6 Å². The van der Waals surface area contributed by atoms with E-state index < -0.39 is 11.3 Å². The first-order valence-electron chi connectivity index (χ1n) is 8.57. The molecule has 1 saturated heterocycles. The molecule has 1 aromatic rings. The molecule has 0 unspecified atom stereocenters. The molecule has 132 valence electrons. The SMILES string of the molecule is CC(C)(C)OC(=O)N1[C@@H](CCC=Cc2ccccc2)COC1(C)C. The molecule has 4 nitrogen and oxygen atoms in total. The second-order valence-corrected chi connectivity index (χ2v) is 7.65. The largest absolute Gasteiger partial charge is 0.444 e. The second kappa shape index (κ2) is 7.39. The minimum atomic E-state index is -0.629. The summed E-state index contributed by atoms with van der Waals surface area (Å²) in [5.41, 5.74) is 0.0495. The van der Waals surface area contributed by atoms with Gasteiger partial charge in [0.2, 0.25) is 0 Å². The van der Waals surface area contributed by atoms with Gasteiger partial charge in [0.1, 0.15) is 11.3 Å². The normalized spacial score (nSPS) is 20.5. The number of carbonyl (C=O) groups is 1. The lowest BCUT2D eigenvalue weighted by Crippen LogP contribution is -2.49. The molecular formula is C20H29NO3. The van der Waals surface area contributed by atoms with Gasteiger partial charge >= 0.3 is 6.09 Å². The highest BCUT2D eigenvalue weighted by molar-refractivity contribution is 5.69. The first-order chi connectivity index (χ1) is 11.2. The van der Waals surface area contributed by atoms with Crippen LogP contribution >= 0.6 is 0 Å². The van der Waals surface area contributed by atoms with Crippen LogP contribution in [-0.2, 0) is 9.47 Å². The van der Waals surface area contributed by atoms with E-state index in [-0.39, 0.29) is 12.1 Å². The highest BCUT2D eigenvalue weighted by atomic mass is 16.6. The average Bonchev–Trinajstić information content (AvgIpc) is 2.78. The van der Waals surface area contributed by atoms with Gasteiger partial charge in [-0.05, 0) is 53.0 Å². The Hall–Kier alpha value is -1.81. The number of allylic oxidation sites excluding steroid dienone is 1. The van der Waals surface area contributed by atoms with Gasteiger partial charge in [-0.15, -0.1) is 0 Å². The van der Waals surface area contributed by atoms with E-state index in [0.717, 1.165) is 12.8 Å². The monoisotopic (exact) mass is 331 g/mol. The molecule has 1 atom stereocenters. The maximum atomic E-state index is 12.5. The summed E-state index contributed by atoms with van der Waals surface area (Å²) in [6.07, 6.45) is 5.69. The number of carbonyl (C=O) groups excluding carboxylic acids is 1. The van der Waals surface area contributed by atoms with Gasteiger partial charge < -0.3 is 9.47 Å². The lowest BCUT2D eigenvalue weighted by Gasteiger charge is -2.35. The number of ether oxygens (including phenoxy) is 2. The van der Waals surface area contributed by atoms with Crippen LogP contribution in [0.5, 0.6) is 0 Å². The van der Waals surface area contributed by atoms with Crippen LogP contribution in [0.3, 0.4) is 0 Å². The first-order valence-corrected chi connectivity index (χ1v) is 8.57. The number of amides is 1. The quantitative estimate of drug-likeness (QED) is 0.791. The lowest BCUT2D eigenvalue weighted by molar-refractivity contribution is -0.0626. The van der Waals surface area contributed by atoms with Crippen LogP contribution < -0.4 is 0 Å². The third-order valence-electron chi connectivity index (χ3n) is 3.94. The molecule has 1 aliphatic rings. The number of benzene rings is 1. The fourth-order valence-electron chi connectivity index (χ4n) is 2.85. The molecular weight excluding hydrogens is 302 g/mol. The van der Waals surface area contributed by atoms with E-state index in [2.05, 4.69) is 24.3 Å². The van der Waals surface area contributed by atoms with Crippen molar-refractivity contribution in [3.05, 3.63) is 42.0 Å². The Morgan fingerprint density at radius 1 is 1.33 bits per heavy atom. The summed E-state index contributed by atoms with van der Waals surface area (Å²) in [7, 11) is 0. The molecule has 0 spiro atoms. The minimum absolute atomic E-state index is 0.0373. The number of hydrogen-bond acceptors (Lipinski definition) is 3. The molecule has 0 saturated carbocycles. The number of rotatable bonds is 4. The van der Waals surface area contributed by atoms with Crippen LogP contribution in [0.25, 0.3) is 6.08 Å². The molecule has 1 heterocycles. The average molecular weight is 331 g/mol. The highest BCUT2D eigenvalue weighted by Crippen LogP contribution is 2.31. The molecule has 0 bridgehead atoms. The number of hydrogen-bond donors (Lipinski definition) is 0. The molecule has 4 heteroatoms. The van der Waals surface area contributed by atoms with Crippen molar-refractivity contribution in [3.8, 4) is 0 Å². The summed E-state index contributed by atoms with van der Waals surface area (Å²) < 4.78 is 11.4. The van der Waals surface area contributed by atoms with E-state index in [1.165, 1.54) is 5.56 Å². The Labute approximate surface area is 145 Å². The molecule has 1 aromatic carbocycles. The molecule has 0 N–H and O–H groups in total. The zero-order valence-electron chi connectivity index (χ0n) is 15.4. The summed E-state index contributed by atoms with van der Waals surface area (Å²) in [5.74, 6) is 0. The van der Waals surface area contributed by atoms with Crippen LogP contribution in [-0.4, -0.2) is 35.0 Å². The molecule has 1 aliphatic heterocycles. The van der Waals surface area contributed by atoms with Crippen LogP contribution in [0.2, 0.25) is 0 Å². The van der Waals surface area contributed by atoms with Gasteiger partial charge in [0.15, 0.2) is 0 Å². The zero-order chi connectivity index (χ0) is 17.8. The lowest BCUT2D eigenvalue weighted by atomic mass is 10.1. The van der Waals surface area contributed by atoms with Crippen LogP contribution in [0.15, 0.2) is 36.4 Å². The predicted octanol–water partition coefficient (Wildman–Crippen LogP) is 4.85. The van der Waals surface area contributed by atoms with Crippen molar-refractivity contribution in [1.29, 1.82) is 0 Å². The van der Waals surface area contributed by atoms with E-state index in [1.807, 2.05) is 52.8 Å². The Kier molecular flexibility index (Phi) is 5.70. The van der Waals surface area contributed by atoms with E-state index in [9.17, 15) is 4.79 Å². The van der Waals surface area contributed by atoms with Gasteiger partial charge in [-0.3, -0.25) is 4.90 Å². The van der Waals surface area contributed by atoms with Crippen LogP contribution in [0.4, 0.5) is 4.79 Å². The molecule has 0 aromatic heterocycles. The Morgan fingerprint density at radius 3 is 2.62 bits per heavy atom. The summed E-state index contributed by atoms with van der Waals surface area (Å²) in [6, 6.07) is 10.2. The first kappa shape index (κ1) is 18.5. The standard InChI is InChI=1S/C20H29NO3/c1-19(2,3)24-18(22)21-17(15-23-20(21,4)5)14-10-9-13-16-11-7-6-8-12-16/h6-9,11-13,17H,10,14-15H2,1-5H3/t17-/m0/s1. The van der Waals surface area contributed by atoms with Crippen molar-refractivity contribution in [2.75, 3.05) is 6.61 Å². The van der Waals surface area contributed by atoms with Gasteiger partial charge in [0.25, 0.3) is 0 Å². The highest BCUT2D eigenvalue weighted by Gasteiger charge is 2.45. The zero-order valence-corrected chi connectivity index (χ0v) is 15.4. The molecule has 24 heavy (non-hydrogen) atoms. The van der Waals surface area contributed by atoms with Gasteiger partial charge in [-0.25, -0.2) is 4.79 Å². The maximum absolute atomic E-state index is 12.5. The van der Waals surface area contributed by atoms with Crippen molar-refractivity contribution in [1.82, 2.24) is 4.90 Å². The Balaban J connectivity index is 1.95. The van der Waals surface area contributed by atoms with Crippen molar-refractivity contribution in [2.24, 2.45) is 0 Å². The van der Waals surface area contributed by atoms with E-state index in [1.54, 1.807) is 4.90 Å². The molecule has 0 aliphatic carbocycles. The van der Waals surface area contributed by atoms with E-state index in [4.69, 9.17) is 9.47 Å². The summed E-state index contributed by atoms with van der Waals surface area (Å²) in [6.45, 7) is 10.0. The second-order valence-electron chi connectivity index (χ2n) is 7.65.